The number of nitrogens with two attached hydrogens (primary N) is 1. The summed E-state index contributed by atoms with van der Waals surface area (Å²) in [6, 6.07) is -0.126. The van der Waals surface area contributed by atoms with E-state index in [0.717, 1.165) is 12.8 Å². The molecule has 2 unspecified atom stereocenters. The Morgan fingerprint density at radius 1 is 1.27 bits per heavy atom. The smallest absolute Gasteiger partial charge is 0.341 e. The first-order valence-electron chi connectivity index (χ1n) is 9.61. The molecule has 3 N–H and O–H groups in total. The number of fused-ring (bicyclic) bond motifs is 2. The van der Waals surface area contributed by atoms with Crippen LogP contribution in [0, 0.1) is 17.6 Å². The van der Waals surface area contributed by atoms with Crippen molar-refractivity contribution in [1.29, 1.82) is 0 Å². The summed E-state index contributed by atoms with van der Waals surface area (Å²) in [5.41, 5.74) is 3.95. The van der Waals surface area contributed by atoms with E-state index in [1.807, 2.05) is 24.3 Å². The summed E-state index contributed by atoms with van der Waals surface area (Å²) in [5, 5.41) is 9.11. The van der Waals surface area contributed by atoms with Gasteiger partial charge in [-0.1, -0.05) is 24.3 Å². The van der Waals surface area contributed by atoms with Crippen LogP contribution in [0.1, 0.15) is 29.2 Å². The van der Waals surface area contributed by atoms with E-state index in [1.165, 1.54) is 10.8 Å². The molecule has 30 heavy (non-hydrogen) atoms. The quantitative estimate of drug-likeness (QED) is 0.661. The molecule has 1 aromatic carbocycles. The van der Waals surface area contributed by atoms with Crippen LogP contribution in [0.5, 0.6) is 0 Å². The van der Waals surface area contributed by atoms with Crippen LogP contribution in [0.4, 0.5) is 14.5 Å². The Morgan fingerprint density at radius 3 is 2.63 bits per heavy atom. The number of aromatic carboxylic acids is 1. The maximum Gasteiger partial charge on any atom is 0.341 e. The number of allylic oxidation sites excluding steroid dienone is 2. The zero-order valence-electron chi connectivity index (χ0n) is 15.7. The van der Waals surface area contributed by atoms with E-state index in [0.29, 0.717) is 6.54 Å². The Labute approximate surface area is 178 Å². The third-order valence-corrected chi connectivity index (χ3v) is 6.94. The van der Waals surface area contributed by atoms with E-state index in [9.17, 15) is 14.7 Å². The van der Waals surface area contributed by atoms with E-state index in [2.05, 4.69) is 15.9 Å². The fraction of sp³-hybridized carbons (Fsp3) is 0.333. The van der Waals surface area contributed by atoms with E-state index in [4.69, 9.17) is 5.73 Å². The van der Waals surface area contributed by atoms with Gasteiger partial charge in [0.2, 0.25) is 5.43 Å². The van der Waals surface area contributed by atoms with Gasteiger partial charge in [-0.25, -0.2) is 13.6 Å². The Hall–Kier alpha value is -2.52. The summed E-state index contributed by atoms with van der Waals surface area (Å²) in [4.78, 5) is 25.9. The number of rotatable bonds is 3. The number of benzene rings is 1. The molecular formula is C21H18BrF2N3O3. The molecule has 9 heteroatoms. The molecule has 156 valence electrons. The molecule has 0 spiro atoms. The van der Waals surface area contributed by atoms with Crippen LogP contribution >= 0.6 is 15.9 Å². The zero-order valence-corrected chi connectivity index (χ0v) is 17.3. The van der Waals surface area contributed by atoms with Gasteiger partial charge in [0.15, 0.2) is 11.6 Å². The molecule has 2 atom stereocenters. The maximum atomic E-state index is 15.8. The Balaban J connectivity index is 1.78. The number of carbonyl (C=O) groups is 1. The molecular weight excluding hydrogens is 460 g/mol. The van der Waals surface area contributed by atoms with Gasteiger partial charge in [0, 0.05) is 31.2 Å². The summed E-state index contributed by atoms with van der Waals surface area (Å²) in [6.07, 6.45) is 10.1. The highest BCUT2D eigenvalue weighted by molar-refractivity contribution is 9.10. The average Bonchev–Trinajstić information content (AvgIpc) is 3.47. The molecule has 0 radical (unpaired) electrons. The maximum absolute atomic E-state index is 15.8. The van der Waals surface area contributed by atoms with Crippen LogP contribution in [0.3, 0.4) is 0 Å². The largest absolute Gasteiger partial charge is 0.477 e. The molecule has 6 nitrogen and oxygen atoms in total. The summed E-state index contributed by atoms with van der Waals surface area (Å²) in [5.74, 6) is -3.34. The molecule has 0 bridgehead atoms. The van der Waals surface area contributed by atoms with Gasteiger partial charge in [-0.2, -0.15) is 0 Å². The first-order valence-corrected chi connectivity index (χ1v) is 10.4. The predicted octanol–water partition coefficient (Wildman–Crippen LogP) is 3.34. The van der Waals surface area contributed by atoms with E-state index in [-0.39, 0.29) is 39.6 Å². The molecule has 2 heterocycles. The second kappa shape index (κ2) is 6.49. The third kappa shape index (κ3) is 2.68. The topological polar surface area (TPSA) is 88.6 Å². The number of hydrogen-bond donors (Lipinski definition) is 2. The van der Waals surface area contributed by atoms with Crippen LogP contribution in [0.2, 0.25) is 0 Å². The van der Waals surface area contributed by atoms with Gasteiger partial charge in [0.1, 0.15) is 11.3 Å². The fourth-order valence-corrected chi connectivity index (χ4v) is 5.05. The van der Waals surface area contributed by atoms with E-state index < -0.39 is 34.1 Å². The van der Waals surface area contributed by atoms with Gasteiger partial charge >= 0.3 is 5.97 Å². The average molecular weight is 478 g/mol. The van der Waals surface area contributed by atoms with Crippen LogP contribution in [-0.2, 0) is 0 Å². The Kier molecular flexibility index (Phi) is 4.20. The van der Waals surface area contributed by atoms with E-state index in [1.54, 1.807) is 4.90 Å². The first kappa shape index (κ1) is 19.4. The number of nitrogens with zero attached hydrogens (tertiary/aromatic N) is 2. The monoisotopic (exact) mass is 477 g/mol. The number of anilines is 1. The lowest BCUT2D eigenvalue weighted by molar-refractivity contribution is 0.0694. The van der Waals surface area contributed by atoms with Crippen molar-refractivity contribution in [2.75, 3.05) is 18.0 Å². The lowest BCUT2D eigenvalue weighted by Gasteiger charge is -2.27. The van der Waals surface area contributed by atoms with Gasteiger partial charge < -0.3 is 20.3 Å². The molecule has 1 saturated carbocycles. The molecule has 2 aliphatic carbocycles. The number of pyridine rings is 1. The van der Waals surface area contributed by atoms with Crippen molar-refractivity contribution in [2.45, 2.75) is 24.4 Å². The molecule has 3 aliphatic rings. The number of carboxylic acids is 1. The van der Waals surface area contributed by atoms with Gasteiger partial charge in [0.05, 0.1) is 20.9 Å². The predicted molar refractivity (Wildman–Crippen MR) is 112 cm³/mol. The van der Waals surface area contributed by atoms with Crippen molar-refractivity contribution in [3.8, 4) is 0 Å². The van der Waals surface area contributed by atoms with Crippen LogP contribution in [0.15, 0.2) is 39.8 Å². The summed E-state index contributed by atoms with van der Waals surface area (Å²) < 4.78 is 32.5. The zero-order chi connectivity index (χ0) is 21.4. The van der Waals surface area contributed by atoms with Crippen molar-refractivity contribution in [2.24, 2.45) is 11.7 Å². The highest BCUT2D eigenvalue weighted by atomic mass is 79.9. The molecule has 2 aromatic rings. The number of hydrogen-bond acceptors (Lipinski definition) is 4. The Bertz CT molecular complexity index is 1230. The fourth-order valence-electron chi connectivity index (χ4n) is 4.49. The standard InChI is InChI=1S/C21H18BrF2N3O3/c22-14-13-17(27(11-4-5-11)8-12(19(13)28)20(29)30)16(24)18(15(14)23)26-7-10-3-1-2-6-21(10,25)9-26/h1-3,6,8,10-11H,4-5,7,9,25H2,(H,29,30). The SMILES string of the molecule is NC12C=CC=CC1CN(c1c(F)c(Br)c3c(=O)c(C(=O)O)cn(C4CC4)c3c1F)C2. The van der Waals surface area contributed by atoms with Gasteiger partial charge in [-0.05, 0) is 28.8 Å². The molecule has 5 rings (SSSR count). The van der Waals surface area contributed by atoms with Crippen molar-refractivity contribution in [3.05, 3.63) is 62.4 Å². The highest BCUT2D eigenvalue weighted by Crippen LogP contribution is 2.44. The third-order valence-electron chi connectivity index (χ3n) is 6.19. The molecule has 1 aliphatic heterocycles. The Morgan fingerprint density at radius 2 is 2.00 bits per heavy atom. The molecule has 0 amide bonds. The van der Waals surface area contributed by atoms with Gasteiger partial charge in [-0.3, -0.25) is 4.79 Å². The lowest BCUT2D eigenvalue weighted by Crippen LogP contribution is -2.46. The van der Waals surface area contributed by atoms with Crippen molar-refractivity contribution < 1.29 is 18.7 Å². The van der Waals surface area contributed by atoms with Crippen LogP contribution < -0.4 is 16.1 Å². The van der Waals surface area contributed by atoms with Crippen molar-refractivity contribution >= 4 is 38.5 Å². The molecule has 2 fully saturated rings. The minimum Gasteiger partial charge on any atom is -0.477 e. The number of aromatic nitrogens is 1. The first-order chi connectivity index (χ1) is 14.2. The minimum atomic E-state index is -1.43. The van der Waals surface area contributed by atoms with Gasteiger partial charge in [-0.15, -0.1) is 0 Å². The minimum absolute atomic E-state index is 0.0807. The van der Waals surface area contributed by atoms with Crippen molar-refractivity contribution in [1.82, 2.24) is 4.57 Å². The summed E-state index contributed by atoms with van der Waals surface area (Å²) >= 11 is 3.11. The van der Waals surface area contributed by atoms with Crippen LogP contribution in [-0.4, -0.2) is 34.3 Å². The number of carboxylic acid groups (broad SMARTS) is 1. The van der Waals surface area contributed by atoms with Crippen molar-refractivity contribution in [3.63, 3.8) is 0 Å². The lowest BCUT2D eigenvalue weighted by atomic mass is 9.85. The summed E-state index contributed by atoms with van der Waals surface area (Å²) in [6.45, 7) is 0.537. The van der Waals surface area contributed by atoms with Gasteiger partial charge in [0.25, 0.3) is 0 Å². The highest BCUT2D eigenvalue weighted by Gasteiger charge is 2.44. The summed E-state index contributed by atoms with van der Waals surface area (Å²) in [7, 11) is 0. The van der Waals surface area contributed by atoms with E-state index >= 15 is 8.78 Å². The second-order valence-electron chi connectivity index (χ2n) is 8.17. The second-order valence-corrected chi connectivity index (χ2v) is 8.97. The van der Waals surface area contributed by atoms with Crippen LogP contribution in [0.25, 0.3) is 10.9 Å². The molecule has 1 aromatic heterocycles. The normalized spacial score (nSPS) is 25.2. The number of halogens is 3. The molecule has 1 saturated heterocycles.